The van der Waals surface area contributed by atoms with Crippen LogP contribution in [0.25, 0.3) is 0 Å². The molecule has 7 nitrogen and oxygen atoms in total. The molecule has 39 heavy (non-hydrogen) atoms. The summed E-state index contributed by atoms with van der Waals surface area (Å²) < 4.78 is 28.2. The van der Waals surface area contributed by atoms with Gasteiger partial charge in [-0.25, -0.2) is 13.1 Å². The van der Waals surface area contributed by atoms with Crippen molar-refractivity contribution in [2.75, 3.05) is 6.54 Å². The van der Waals surface area contributed by atoms with Crippen molar-refractivity contribution < 1.29 is 23.1 Å². The van der Waals surface area contributed by atoms with Crippen LogP contribution in [0.2, 0.25) is 10.0 Å². The van der Waals surface area contributed by atoms with Crippen molar-refractivity contribution >= 4 is 45.1 Å². The fourth-order valence-corrected chi connectivity index (χ4v) is 7.73. The largest absolute Gasteiger partial charge is 0.481 e. The second-order valence-corrected chi connectivity index (χ2v) is 15.1. The highest BCUT2D eigenvalue weighted by molar-refractivity contribution is 7.91. The summed E-state index contributed by atoms with van der Waals surface area (Å²) in [7, 11) is -3.57. The molecule has 2 aromatic carbocycles. The minimum absolute atomic E-state index is 0.0871. The highest BCUT2D eigenvalue weighted by Gasteiger charge is 2.55. The Bertz CT molecular complexity index is 1370. The second-order valence-electron chi connectivity index (χ2n) is 11.9. The normalized spacial score (nSPS) is 27.3. The van der Waals surface area contributed by atoms with Crippen molar-refractivity contribution in [1.82, 2.24) is 9.62 Å². The smallest absolute Gasteiger partial charge is 0.304 e. The molecule has 1 aliphatic heterocycles. The first-order chi connectivity index (χ1) is 18.3. The molecule has 0 radical (unpaired) electrons. The molecule has 2 aliphatic carbocycles. The van der Waals surface area contributed by atoms with Gasteiger partial charge in [-0.3, -0.25) is 9.59 Å². The number of carboxylic acids is 1. The van der Waals surface area contributed by atoms with Crippen LogP contribution in [-0.2, 0) is 19.6 Å². The SMILES string of the molecule is CC1(CC(=O)O)CC(c2cccc(Cl)c2)C(c2ccc(Cl)cc2)N(C(CNS(=O)(=O)C2(C)CC2)C2CC2)C1=O. The number of likely N-dealkylation sites (tertiary alicyclic amines) is 1. The zero-order chi connectivity index (χ0) is 28.2. The van der Waals surface area contributed by atoms with Gasteiger partial charge in [-0.15, -0.1) is 0 Å². The van der Waals surface area contributed by atoms with Gasteiger partial charge in [-0.1, -0.05) is 54.4 Å². The summed E-state index contributed by atoms with van der Waals surface area (Å²) in [5.41, 5.74) is 0.575. The van der Waals surface area contributed by atoms with Gasteiger partial charge in [0, 0.05) is 28.5 Å². The second kappa shape index (κ2) is 10.4. The molecule has 3 aliphatic rings. The van der Waals surface area contributed by atoms with Crippen LogP contribution in [0.5, 0.6) is 0 Å². The van der Waals surface area contributed by atoms with Crippen LogP contribution in [0.4, 0.5) is 0 Å². The molecular formula is C29H34Cl2N2O5S. The lowest BCUT2D eigenvalue weighted by molar-refractivity contribution is -0.161. The van der Waals surface area contributed by atoms with E-state index in [1.54, 1.807) is 36.9 Å². The van der Waals surface area contributed by atoms with Gasteiger partial charge in [0.15, 0.2) is 0 Å². The third-order valence-corrected chi connectivity index (χ3v) is 11.5. The van der Waals surface area contributed by atoms with Crippen molar-refractivity contribution in [3.05, 3.63) is 69.7 Å². The van der Waals surface area contributed by atoms with Crippen LogP contribution in [0.15, 0.2) is 48.5 Å². The first-order valence-electron chi connectivity index (χ1n) is 13.4. The highest BCUT2D eigenvalue weighted by atomic mass is 35.5. The van der Waals surface area contributed by atoms with Crippen molar-refractivity contribution in [2.45, 2.75) is 75.1 Å². The summed E-state index contributed by atoms with van der Waals surface area (Å²) in [5.74, 6) is -1.47. The molecule has 1 amide bonds. The molecule has 2 saturated carbocycles. The Hall–Kier alpha value is -2.13. The fraction of sp³-hybridized carbons (Fsp3) is 0.517. The number of amides is 1. The summed E-state index contributed by atoms with van der Waals surface area (Å²) >= 11 is 12.6. The van der Waals surface area contributed by atoms with Crippen molar-refractivity contribution in [3.63, 3.8) is 0 Å². The average molecular weight is 594 g/mol. The average Bonchev–Trinajstić information content (AvgIpc) is 3.79. The predicted octanol–water partition coefficient (Wildman–Crippen LogP) is 5.78. The number of piperidine rings is 1. The summed E-state index contributed by atoms with van der Waals surface area (Å²) in [4.78, 5) is 28.2. The number of nitrogens with zero attached hydrogens (tertiary/aromatic N) is 1. The number of halogens is 2. The van der Waals surface area contributed by atoms with E-state index in [1.165, 1.54) is 0 Å². The van der Waals surface area contributed by atoms with Crippen LogP contribution in [0.1, 0.15) is 75.5 Å². The summed E-state index contributed by atoms with van der Waals surface area (Å²) in [6, 6.07) is 13.9. The maximum absolute atomic E-state index is 14.4. The Morgan fingerprint density at radius 3 is 2.31 bits per heavy atom. The number of benzene rings is 2. The zero-order valence-corrected chi connectivity index (χ0v) is 24.4. The molecule has 210 valence electrons. The van der Waals surface area contributed by atoms with Gasteiger partial charge in [-0.2, -0.15) is 0 Å². The number of rotatable bonds is 10. The van der Waals surface area contributed by atoms with E-state index in [2.05, 4.69) is 4.72 Å². The van der Waals surface area contributed by atoms with Gasteiger partial charge in [0.2, 0.25) is 15.9 Å². The van der Waals surface area contributed by atoms with E-state index in [0.29, 0.717) is 29.3 Å². The molecule has 0 spiro atoms. The standard InChI is InChI=1S/C29H34Cl2N2O5S/c1-28(16-25(34)35)15-23(20-4-3-5-22(31)14-20)26(19-8-10-21(30)11-9-19)33(27(28)36)24(18-6-7-18)17-32-39(37,38)29(2)12-13-29/h3-5,8-11,14,18,23-24,26,32H,6-7,12-13,15-17H2,1-2H3,(H,34,35). The van der Waals surface area contributed by atoms with E-state index >= 15 is 0 Å². The van der Waals surface area contributed by atoms with E-state index < -0.39 is 38.2 Å². The van der Waals surface area contributed by atoms with Gasteiger partial charge in [0.25, 0.3) is 0 Å². The quantitative estimate of drug-likeness (QED) is 0.364. The van der Waals surface area contributed by atoms with Gasteiger partial charge in [0.05, 0.1) is 22.6 Å². The van der Waals surface area contributed by atoms with Crippen LogP contribution < -0.4 is 4.72 Å². The Morgan fingerprint density at radius 2 is 1.74 bits per heavy atom. The molecule has 10 heteroatoms. The molecule has 4 atom stereocenters. The first-order valence-corrected chi connectivity index (χ1v) is 15.6. The molecule has 1 saturated heterocycles. The van der Waals surface area contributed by atoms with Gasteiger partial charge >= 0.3 is 5.97 Å². The van der Waals surface area contributed by atoms with Gasteiger partial charge in [0.1, 0.15) is 0 Å². The highest BCUT2D eigenvalue weighted by Crippen LogP contribution is 2.54. The maximum atomic E-state index is 14.4. The lowest BCUT2D eigenvalue weighted by Crippen LogP contribution is -2.59. The third-order valence-electron chi connectivity index (χ3n) is 8.74. The number of carbonyl (C=O) groups is 2. The van der Waals surface area contributed by atoms with E-state index in [1.807, 2.05) is 30.3 Å². The van der Waals surface area contributed by atoms with Crippen LogP contribution in [0.3, 0.4) is 0 Å². The predicted molar refractivity (Wildman–Crippen MR) is 151 cm³/mol. The molecule has 3 fully saturated rings. The molecule has 2 N–H and O–H groups in total. The number of carboxylic acid groups (broad SMARTS) is 1. The molecule has 0 bridgehead atoms. The van der Waals surface area contributed by atoms with Crippen LogP contribution in [0, 0.1) is 11.3 Å². The van der Waals surface area contributed by atoms with Crippen molar-refractivity contribution in [3.8, 4) is 0 Å². The number of nitrogens with one attached hydrogen (secondary N) is 1. The minimum atomic E-state index is -3.57. The molecule has 0 aromatic heterocycles. The number of hydrogen-bond acceptors (Lipinski definition) is 4. The van der Waals surface area contributed by atoms with E-state index in [-0.39, 0.29) is 30.7 Å². The van der Waals surface area contributed by atoms with Crippen molar-refractivity contribution in [1.29, 1.82) is 0 Å². The van der Waals surface area contributed by atoms with Crippen LogP contribution >= 0.6 is 23.2 Å². The molecule has 4 unspecified atom stereocenters. The summed E-state index contributed by atoms with van der Waals surface area (Å²) in [6.45, 7) is 3.54. The topological polar surface area (TPSA) is 104 Å². The monoisotopic (exact) mass is 592 g/mol. The Kier molecular flexibility index (Phi) is 7.55. The Labute approximate surface area is 239 Å². The number of hydrogen-bond donors (Lipinski definition) is 2. The summed E-state index contributed by atoms with van der Waals surface area (Å²) in [5, 5.41) is 10.9. The van der Waals surface area contributed by atoms with E-state index in [9.17, 15) is 23.1 Å². The zero-order valence-electron chi connectivity index (χ0n) is 22.1. The first kappa shape index (κ1) is 28.4. The lowest BCUT2D eigenvalue weighted by atomic mass is 9.67. The third kappa shape index (κ3) is 5.71. The van der Waals surface area contributed by atoms with E-state index in [4.69, 9.17) is 23.2 Å². The Morgan fingerprint density at radius 1 is 1.08 bits per heavy atom. The van der Waals surface area contributed by atoms with Gasteiger partial charge in [-0.05, 0) is 80.3 Å². The molecule has 2 aromatic rings. The lowest BCUT2D eigenvalue weighted by Gasteiger charge is -2.52. The van der Waals surface area contributed by atoms with Gasteiger partial charge < -0.3 is 10.0 Å². The molecular weight excluding hydrogens is 559 g/mol. The number of sulfonamides is 1. The molecule has 1 heterocycles. The van der Waals surface area contributed by atoms with Crippen molar-refractivity contribution in [2.24, 2.45) is 11.3 Å². The van der Waals surface area contributed by atoms with Crippen LogP contribution in [-0.4, -0.2) is 47.6 Å². The fourth-order valence-electron chi connectivity index (χ4n) is 6.03. The maximum Gasteiger partial charge on any atom is 0.304 e. The summed E-state index contributed by atoms with van der Waals surface area (Å²) in [6.07, 6.45) is 2.95. The van der Waals surface area contributed by atoms with E-state index in [0.717, 1.165) is 24.0 Å². The number of carbonyl (C=O) groups excluding carboxylic acids is 1. The number of aliphatic carboxylic acids is 1. The molecule has 5 rings (SSSR count). The minimum Gasteiger partial charge on any atom is -0.481 e. The Balaban J connectivity index is 1.63.